The lowest BCUT2D eigenvalue weighted by Crippen LogP contribution is -1.97. The number of pyridine rings is 1. The molecule has 6 heteroatoms. The lowest BCUT2D eigenvalue weighted by molar-refractivity contribution is 0.297. The van der Waals surface area contributed by atoms with Crippen LogP contribution in [0.2, 0.25) is 5.02 Å². The highest BCUT2D eigenvalue weighted by Crippen LogP contribution is 2.19. The summed E-state index contributed by atoms with van der Waals surface area (Å²) in [6.45, 7) is 0.318. The molecular weight excluding hydrogens is 278 g/mol. The van der Waals surface area contributed by atoms with Gasteiger partial charge in [0.2, 0.25) is 5.88 Å². The number of rotatable bonds is 4. The van der Waals surface area contributed by atoms with E-state index in [-0.39, 0.29) is 0 Å². The molecule has 0 aliphatic carbocycles. The second-order valence-electron chi connectivity index (χ2n) is 4.15. The van der Waals surface area contributed by atoms with E-state index in [0.29, 0.717) is 34.7 Å². The number of hydrogen-bond donors (Lipinski definition) is 1. The summed E-state index contributed by atoms with van der Waals surface area (Å²) in [6.07, 6.45) is 0. The maximum absolute atomic E-state index is 5.90. The molecule has 20 heavy (non-hydrogen) atoms. The normalized spacial score (nSPS) is 10.7. The highest BCUT2D eigenvalue weighted by molar-refractivity contribution is 6.30. The second-order valence-corrected chi connectivity index (χ2v) is 4.59. The summed E-state index contributed by atoms with van der Waals surface area (Å²) >= 11 is 5.90. The van der Waals surface area contributed by atoms with E-state index in [9.17, 15) is 0 Å². The Bertz CT molecular complexity index is 742. The molecule has 0 unspecified atom stereocenters. The molecular formula is C14H12ClN3O2. The lowest BCUT2D eigenvalue weighted by Gasteiger charge is -2.03. The number of halogens is 1. The SMILES string of the molecule is COc1ccc2[nH]c(COc3cccc(Cl)c3)nc2n1. The Balaban J connectivity index is 1.77. The van der Waals surface area contributed by atoms with E-state index in [0.717, 1.165) is 5.52 Å². The Morgan fingerprint density at radius 2 is 2.10 bits per heavy atom. The van der Waals surface area contributed by atoms with Gasteiger partial charge < -0.3 is 14.5 Å². The van der Waals surface area contributed by atoms with Crippen molar-refractivity contribution in [2.24, 2.45) is 0 Å². The topological polar surface area (TPSA) is 60.0 Å². The van der Waals surface area contributed by atoms with Crippen LogP contribution in [0.4, 0.5) is 0 Å². The van der Waals surface area contributed by atoms with Gasteiger partial charge in [0.05, 0.1) is 12.6 Å². The van der Waals surface area contributed by atoms with Crippen LogP contribution in [0.15, 0.2) is 36.4 Å². The van der Waals surface area contributed by atoms with Crippen molar-refractivity contribution in [3.63, 3.8) is 0 Å². The number of ether oxygens (including phenoxy) is 2. The molecule has 1 N–H and O–H groups in total. The number of aromatic nitrogens is 3. The number of hydrogen-bond acceptors (Lipinski definition) is 4. The Kier molecular flexibility index (Phi) is 3.43. The number of methoxy groups -OCH3 is 1. The maximum atomic E-state index is 5.90. The molecule has 0 aliphatic heterocycles. The average molecular weight is 290 g/mol. The molecule has 2 heterocycles. The van der Waals surface area contributed by atoms with Gasteiger partial charge in [-0.15, -0.1) is 0 Å². The fourth-order valence-electron chi connectivity index (χ4n) is 1.82. The monoisotopic (exact) mass is 289 g/mol. The first-order chi connectivity index (χ1) is 9.74. The molecule has 0 aliphatic rings. The quantitative estimate of drug-likeness (QED) is 0.801. The van der Waals surface area contributed by atoms with Crippen LogP contribution in [0.5, 0.6) is 11.6 Å². The molecule has 0 radical (unpaired) electrons. The lowest BCUT2D eigenvalue weighted by atomic mass is 10.3. The summed E-state index contributed by atoms with van der Waals surface area (Å²) in [5.74, 6) is 1.93. The van der Waals surface area contributed by atoms with Gasteiger partial charge in [-0.2, -0.15) is 4.98 Å². The first-order valence-electron chi connectivity index (χ1n) is 6.02. The maximum Gasteiger partial charge on any atom is 0.215 e. The third kappa shape index (κ3) is 2.67. The van der Waals surface area contributed by atoms with Crippen LogP contribution >= 0.6 is 11.6 Å². The molecule has 0 saturated carbocycles. The van der Waals surface area contributed by atoms with Crippen LogP contribution in [0.1, 0.15) is 5.82 Å². The Morgan fingerprint density at radius 3 is 2.90 bits per heavy atom. The van der Waals surface area contributed by atoms with Crippen molar-refractivity contribution in [1.82, 2.24) is 15.0 Å². The highest BCUT2D eigenvalue weighted by Gasteiger charge is 2.06. The molecule has 3 rings (SSSR count). The summed E-state index contributed by atoms with van der Waals surface area (Å²) in [6, 6.07) is 10.9. The largest absolute Gasteiger partial charge is 0.486 e. The zero-order valence-electron chi connectivity index (χ0n) is 10.8. The molecule has 0 amide bonds. The summed E-state index contributed by atoms with van der Waals surface area (Å²) in [5, 5.41) is 0.638. The van der Waals surface area contributed by atoms with Crippen LogP contribution in [0, 0.1) is 0 Å². The number of nitrogens with one attached hydrogen (secondary N) is 1. The highest BCUT2D eigenvalue weighted by atomic mass is 35.5. The van der Waals surface area contributed by atoms with E-state index in [2.05, 4.69) is 15.0 Å². The van der Waals surface area contributed by atoms with Crippen molar-refractivity contribution in [2.45, 2.75) is 6.61 Å². The molecule has 0 saturated heterocycles. The Hall–Kier alpha value is -2.27. The minimum absolute atomic E-state index is 0.318. The van der Waals surface area contributed by atoms with E-state index in [1.807, 2.05) is 18.2 Å². The number of aromatic amines is 1. The van der Waals surface area contributed by atoms with Gasteiger partial charge in [0.25, 0.3) is 0 Å². The fourth-order valence-corrected chi connectivity index (χ4v) is 2.00. The van der Waals surface area contributed by atoms with Gasteiger partial charge in [-0.05, 0) is 24.3 Å². The predicted octanol–water partition coefficient (Wildman–Crippen LogP) is 3.20. The molecule has 0 spiro atoms. The fraction of sp³-hybridized carbons (Fsp3) is 0.143. The Morgan fingerprint density at radius 1 is 1.20 bits per heavy atom. The third-order valence-electron chi connectivity index (χ3n) is 2.75. The number of imidazole rings is 1. The molecule has 1 aromatic carbocycles. The number of H-pyrrole nitrogens is 1. The molecule has 102 valence electrons. The van der Waals surface area contributed by atoms with Crippen LogP contribution in [-0.4, -0.2) is 22.1 Å². The molecule has 2 aromatic heterocycles. The van der Waals surface area contributed by atoms with Gasteiger partial charge >= 0.3 is 0 Å². The van der Waals surface area contributed by atoms with Crippen LogP contribution in [-0.2, 0) is 6.61 Å². The van der Waals surface area contributed by atoms with E-state index >= 15 is 0 Å². The molecule has 0 atom stereocenters. The average Bonchev–Trinajstić information content (AvgIpc) is 2.87. The third-order valence-corrected chi connectivity index (χ3v) is 2.99. The van der Waals surface area contributed by atoms with E-state index in [1.165, 1.54) is 0 Å². The first kappa shape index (κ1) is 12.7. The zero-order valence-corrected chi connectivity index (χ0v) is 11.5. The smallest absolute Gasteiger partial charge is 0.215 e. The standard InChI is InChI=1S/C14H12ClN3O2/c1-19-13-6-5-11-14(18-13)17-12(16-11)8-20-10-4-2-3-9(15)7-10/h2-7H,8H2,1H3,(H,16,17,18). The van der Waals surface area contributed by atoms with Crippen LogP contribution in [0.3, 0.4) is 0 Å². The van der Waals surface area contributed by atoms with Gasteiger partial charge in [0, 0.05) is 11.1 Å². The van der Waals surface area contributed by atoms with Gasteiger partial charge in [-0.25, -0.2) is 4.98 Å². The predicted molar refractivity (Wildman–Crippen MR) is 76.2 cm³/mol. The number of fused-ring (bicyclic) bond motifs is 1. The van der Waals surface area contributed by atoms with Crippen molar-refractivity contribution >= 4 is 22.8 Å². The van der Waals surface area contributed by atoms with E-state index in [1.54, 1.807) is 25.3 Å². The summed E-state index contributed by atoms with van der Waals surface area (Å²) in [7, 11) is 1.57. The summed E-state index contributed by atoms with van der Waals surface area (Å²) in [5.41, 5.74) is 1.45. The summed E-state index contributed by atoms with van der Waals surface area (Å²) in [4.78, 5) is 11.7. The van der Waals surface area contributed by atoms with Gasteiger partial charge in [0.1, 0.15) is 18.2 Å². The first-order valence-corrected chi connectivity index (χ1v) is 6.40. The second kappa shape index (κ2) is 5.38. The van der Waals surface area contributed by atoms with Gasteiger partial charge in [-0.3, -0.25) is 0 Å². The Labute approximate surface area is 120 Å². The molecule has 5 nitrogen and oxygen atoms in total. The van der Waals surface area contributed by atoms with Crippen molar-refractivity contribution in [2.75, 3.05) is 7.11 Å². The number of benzene rings is 1. The number of nitrogens with zero attached hydrogens (tertiary/aromatic N) is 2. The zero-order chi connectivity index (χ0) is 13.9. The van der Waals surface area contributed by atoms with Crippen LogP contribution < -0.4 is 9.47 Å². The minimum Gasteiger partial charge on any atom is -0.486 e. The molecule has 3 aromatic rings. The van der Waals surface area contributed by atoms with E-state index < -0.39 is 0 Å². The van der Waals surface area contributed by atoms with Crippen molar-refractivity contribution in [1.29, 1.82) is 0 Å². The van der Waals surface area contributed by atoms with Crippen LogP contribution in [0.25, 0.3) is 11.2 Å². The van der Waals surface area contributed by atoms with Crippen molar-refractivity contribution in [3.8, 4) is 11.6 Å². The van der Waals surface area contributed by atoms with E-state index in [4.69, 9.17) is 21.1 Å². The molecule has 0 bridgehead atoms. The van der Waals surface area contributed by atoms with Gasteiger partial charge in [-0.1, -0.05) is 17.7 Å². The molecule has 0 fully saturated rings. The van der Waals surface area contributed by atoms with Gasteiger partial charge in [0.15, 0.2) is 5.65 Å². The minimum atomic E-state index is 0.318. The van der Waals surface area contributed by atoms with Crippen molar-refractivity contribution in [3.05, 3.63) is 47.2 Å². The summed E-state index contributed by atoms with van der Waals surface area (Å²) < 4.78 is 10.7. The van der Waals surface area contributed by atoms with Crippen molar-refractivity contribution < 1.29 is 9.47 Å².